The van der Waals surface area contributed by atoms with Crippen molar-refractivity contribution in [2.45, 2.75) is 128 Å². The van der Waals surface area contributed by atoms with Gasteiger partial charge in [-0.1, -0.05) is 81.1 Å². The minimum absolute atomic E-state index is 0.0568. The molecule has 59 heavy (non-hydrogen) atoms. The number of carbonyl (C=O) groups is 3. The predicted molar refractivity (Wildman–Crippen MR) is 241 cm³/mol. The number of hydrogen-bond acceptors (Lipinski definition) is 15. The lowest BCUT2D eigenvalue weighted by Crippen LogP contribution is -2.57. The maximum atomic E-state index is 14.7. The van der Waals surface area contributed by atoms with Gasteiger partial charge in [-0.3, -0.25) is 20.6 Å². The Labute approximate surface area is 365 Å². The molecule has 3 amide bonds. The zero-order valence-corrected chi connectivity index (χ0v) is 37.4. The third-order valence-corrected chi connectivity index (χ3v) is 17.9. The molecule has 322 valence electrons. The Balaban J connectivity index is 0.977. The summed E-state index contributed by atoms with van der Waals surface area (Å²) in [4.78, 5) is 43.8. The van der Waals surface area contributed by atoms with Crippen molar-refractivity contribution in [2.24, 2.45) is 23.5 Å². The van der Waals surface area contributed by atoms with E-state index in [4.69, 9.17) is 15.2 Å². The summed E-state index contributed by atoms with van der Waals surface area (Å²) in [5, 5.41) is 13.5. The SMILES string of the molecule is CCCCCCN1c2ccc(-c3ccc4c(c3)NC(C(=O)NC3SCCC3C3NNC(N)O3)(C3CCCCC3)S4)cc2SC1CNC1SCCC1C(=O)NC(=O)OCC. The van der Waals surface area contributed by atoms with Gasteiger partial charge in [0.05, 0.1) is 34.3 Å². The Morgan fingerprint density at radius 3 is 2.53 bits per heavy atom. The summed E-state index contributed by atoms with van der Waals surface area (Å²) in [6, 6.07) is 13.5. The van der Waals surface area contributed by atoms with Gasteiger partial charge in [0.1, 0.15) is 6.23 Å². The van der Waals surface area contributed by atoms with Gasteiger partial charge >= 0.3 is 6.09 Å². The van der Waals surface area contributed by atoms with Crippen LogP contribution in [0, 0.1) is 17.8 Å². The molecule has 4 fully saturated rings. The number of unbranched alkanes of at least 4 members (excludes halogenated alkanes) is 3. The molecule has 0 bridgehead atoms. The minimum atomic E-state index is -0.782. The lowest BCUT2D eigenvalue weighted by atomic mass is 9.82. The van der Waals surface area contributed by atoms with E-state index in [1.54, 1.807) is 42.2 Å². The second-order valence-corrected chi connectivity index (χ2v) is 21.3. The number of ether oxygens (including phenoxy) is 2. The minimum Gasteiger partial charge on any atom is -0.450 e. The fraction of sp³-hybridized carbons (Fsp3) is 0.643. The van der Waals surface area contributed by atoms with E-state index in [1.165, 1.54) is 36.3 Å². The van der Waals surface area contributed by atoms with Gasteiger partial charge in [-0.2, -0.15) is 0 Å². The Morgan fingerprint density at radius 2 is 1.73 bits per heavy atom. The molecule has 8 unspecified atom stereocenters. The normalized spacial score (nSPS) is 30.2. The molecule has 2 aromatic rings. The highest BCUT2D eigenvalue weighted by Gasteiger charge is 2.52. The standard InChI is InChI=1S/C42H60N8O5S4/c1-3-5-6-10-19-50-31-15-13-26(23-33(31)58-34(50)24-44-37-28(17-20-56-37)35(51)45-41(53)54-4-2)25-14-16-32-30(22-25)47-42(59-32,27-11-8-7-9-12-27)39(52)46-38-29(18-21-57-38)36-48-49-40(43)55-36/h13-16,22-23,27-29,34,36-38,40,44,47-49H,3-12,17-21,24,43H2,1-2H3,(H,46,52)(H,45,51,53). The Kier molecular flexibility index (Phi) is 14.5. The molecule has 0 spiro atoms. The zero-order valence-electron chi connectivity index (χ0n) is 34.1. The van der Waals surface area contributed by atoms with Crippen LogP contribution < -0.4 is 42.8 Å². The van der Waals surface area contributed by atoms with Gasteiger partial charge in [-0.05, 0) is 85.9 Å². The number of nitrogens with two attached hydrogens (primary N) is 1. The first-order chi connectivity index (χ1) is 28.8. The van der Waals surface area contributed by atoms with Crippen LogP contribution in [-0.4, -0.2) is 82.7 Å². The summed E-state index contributed by atoms with van der Waals surface area (Å²) in [5.74, 6) is 1.63. The highest BCUT2D eigenvalue weighted by Crippen LogP contribution is 2.54. The monoisotopic (exact) mass is 884 g/mol. The lowest BCUT2D eigenvalue weighted by Gasteiger charge is -2.39. The molecule has 13 nitrogen and oxygen atoms in total. The number of fused-ring (bicyclic) bond motifs is 2. The summed E-state index contributed by atoms with van der Waals surface area (Å²) in [6.07, 6.45) is 10.4. The number of nitrogens with zero attached hydrogens (tertiary/aromatic N) is 1. The first-order valence-electron chi connectivity index (χ1n) is 21.6. The fourth-order valence-electron chi connectivity index (χ4n) is 9.33. The van der Waals surface area contributed by atoms with Gasteiger partial charge in [0.2, 0.25) is 5.91 Å². The third kappa shape index (κ3) is 9.68. The van der Waals surface area contributed by atoms with Crippen LogP contribution in [0.1, 0.15) is 84.5 Å². The smallest absolute Gasteiger partial charge is 0.413 e. The van der Waals surface area contributed by atoms with E-state index in [1.807, 2.05) is 11.8 Å². The number of hydrogen-bond donors (Lipinski definition) is 7. The number of nitrogens with one attached hydrogen (secondary N) is 6. The molecule has 17 heteroatoms. The van der Waals surface area contributed by atoms with Crippen LogP contribution in [0.3, 0.4) is 0 Å². The van der Waals surface area contributed by atoms with Crippen molar-refractivity contribution in [2.75, 3.05) is 41.4 Å². The van der Waals surface area contributed by atoms with Crippen LogP contribution in [0.5, 0.6) is 0 Å². The zero-order chi connectivity index (χ0) is 40.9. The summed E-state index contributed by atoms with van der Waals surface area (Å²) in [7, 11) is 0. The number of rotatable bonds is 15. The summed E-state index contributed by atoms with van der Waals surface area (Å²) in [6.45, 7) is 5.87. The number of hydrazine groups is 1. The van der Waals surface area contributed by atoms with Gasteiger partial charge in [0, 0.05) is 40.4 Å². The molecule has 3 saturated heterocycles. The van der Waals surface area contributed by atoms with E-state index in [0.717, 1.165) is 84.7 Å². The summed E-state index contributed by atoms with van der Waals surface area (Å²) < 4.78 is 10.9. The molecule has 8 N–H and O–H groups in total. The summed E-state index contributed by atoms with van der Waals surface area (Å²) in [5.41, 5.74) is 16.6. The Bertz CT molecular complexity index is 1820. The van der Waals surface area contributed by atoms with Crippen LogP contribution in [0.15, 0.2) is 46.2 Å². The highest BCUT2D eigenvalue weighted by atomic mass is 32.2. The third-order valence-electron chi connectivity index (χ3n) is 12.4. The van der Waals surface area contributed by atoms with E-state index in [9.17, 15) is 14.4 Å². The molecule has 0 aromatic heterocycles. The van der Waals surface area contributed by atoms with E-state index >= 15 is 0 Å². The fourth-order valence-corrected chi connectivity index (χ4v) is 14.8. The average Bonchev–Trinajstić information content (AvgIpc) is 4.09. The van der Waals surface area contributed by atoms with Crippen molar-refractivity contribution in [3.8, 4) is 11.1 Å². The van der Waals surface area contributed by atoms with Crippen molar-refractivity contribution < 1.29 is 23.9 Å². The molecule has 1 saturated carbocycles. The van der Waals surface area contributed by atoms with Crippen LogP contribution >= 0.6 is 47.0 Å². The average molecular weight is 885 g/mol. The van der Waals surface area contributed by atoms with Crippen molar-refractivity contribution in [1.82, 2.24) is 26.8 Å². The van der Waals surface area contributed by atoms with Crippen LogP contribution in [0.4, 0.5) is 16.2 Å². The van der Waals surface area contributed by atoms with E-state index in [2.05, 4.69) is 80.3 Å². The maximum absolute atomic E-state index is 14.7. The number of thioether (sulfide) groups is 4. The molecule has 5 aliphatic heterocycles. The maximum Gasteiger partial charge on any atom is 0.413 e. The van der Waals surface area contributed by atoms with E-state index in [0.29, 0.717) is 6.54 Å². The van der Waals surface area contributed by atoms with Crippen LogP contribution in [0.2, 0.25) is 0 Å². The number of imide groups is 1. The lowest BCUT2D eigenvalue weighted by molar-refractivity contribution is -0.125. The van der Waals surface area contributed by atoms with E-state index in [-0.39, 0.29) is 58.5 Å². The molecule has 0 radical (unpaired) electrons. The van der Waals surface area contributed by atoms with Gasteiger partial charge in [0.15, 0.2) is 11.2 Å². The molecular weight excluding hydrogens is 825 g/mol. The Morgan fingerprint density at radius 1 is 0.932 bits per heavy atom. The van der Waals surface area contributed by atoms with Crippen LogP contribution in [0.25, 0.3) is 11.1 Å². The summed E-state index contributed by atoms with van der Waals surface area (Å²) >= 11 is 7.10. The number of amides is 3. The van der Waals surface area contributed by atoms with E-state index < -0.39 is 17.3 Å². The molecular formula is C42H60N8O5S4. The molecule has 2 aromatic carbocycles. The first-order valence-corrected chi connectivity index (χ1v) is 25.4. The van der Waals surface area contributed by atoms with Crippen molar-refractivity contribution >= 4 is 76.3 Å². The molecule has 8 atom stereocenters. The van der Waals surface area contributed by atoms with Crippen molar-refractivity contribution in [3.05, 3.63) is 36.4 Å². The molecule has 5 heterocycles. The molecule has 1 aliphatic carbocycles. The topological polar surface area (TPSA) is 171 Å². The second kappa shape index (κ2) is 19.8. The van der Waals surface area contributed by atoms with Crippen LogP contribution in [-0.2, 0) is 19.1 Å². The number of carbonyl (C=O) groups excluding carboxylic acids is 3. The quantitative estimate of drug-likeness (QED) is 0.0932. The number of anilines is 2. The van der Waals surface area contributed by atoms with Crippen molar-refractivity contribution in [3.63, 3.8) is 0 Å². The Hall–Kier alpha value is -2.35. The van der Waals surface area contributed by atoms with Gasteiger partial charge < -0.3 is 30.3 Å². The molecule has 6 aliphatic rings. The highest BCUT2D eigenvalue weighted by molar-refractivity contribution is 8.02. The van der Waals surface area contributed by atoms with Gasteiger partial charge in [-0.15, -0.1) is 23.5 Å². The number of benzene rings is 2. The predicted octanol–water partition coefficient (Wildman–Crippen LogP) is 6.80. The van der Waals surface area contributed by atoms with Gasteiger partial charge in [0.25, 0.3) is 5.91 Å². The molecule has 8 rings (SSSR count). The van der Waals surface area contributed by atoms with Crippen molar-refractivity contribution in [1.29, 1.82) is 0 Å². The van der Waals surface area contributed by atoms with Gasteiger partial charge in [-0.25, -0.2) is 15.6 Å². The first kappa shape index (κ1) is 43.3. The second-order valence-electron chi connectivity index (χ2n) is 16.3. The number of alkyl carbamates (subject to hydrolysis) is 1. The largest absolute Gasteiger partial charge is 0.450 e.